The number of carbonyl (C=O) groups excluding carboxylic acids is 2. The summed E-state index contributed by atoms with van der Waals surface area (Å²) >= 11 is 18.8. The maximum atomic E-state index is 14.3. The Kier molecular flexibility index (Phi) is 12.0. The average molecular weight is 687 g/mol. The van der Waals surface area contributed by atoms with E-state index in [1.54, 1.807) is 32.9 Å². The van der Waals surface area contributed by atoms with Crippen LogP contribution < -0.4 is 23.8 Å². The molecule has 0 saturated heterocycles. The molecule has 0 unspecified atom stereocenters. The molecule has 0 aliphatic carbocycles. The van der Waals surface area contributed by atoms with Crippen LogP contribution in [0.3, 0.4) is 0 Å². The molecule has 2 amide bonds. The summed E-state index contributed by atoms with van der Waals surface area (Å²) < 4.78 is 45.5. The van der Waals surface area contributed by atoms with Crippen molar-refractivity contribution in [3.05, 3.63) is 75.2 Å². The Morgan fingerprint density at radius 3 is 2.00 bits per heavy atom. The van der Waals surface area contributed by atoms with E-state index in [1.807, 2.05) is 0 Å². The van der Waals surface area contributed by atoms with Gasteiger partial charge >= 0.3 is 0 Å². The number of carbonyl (C=O) groups is 2. The minimum Gasteiger partial charge on any atom is -0.495 e. The van der Waals surface area contributed by atoms with Crippen LogP contribution in [0.1, 0.15) is 26.3 Å². The molecule has 0 fully saturated rings. The first-order valence-corrected chi connectivity index (χ1v) is 15.9. The summed E-state index contributed by atoms with van der Waals surface area (Å²) in [4.78, 5) is 28.4. The van der Waals surface area contributed by atoms with Gasteiger partial charge in [0.1, 0.15) is 18.3 Å². The van der Waals surface area contributed by atoms with Gasteiger partial charge in [-0.05, 0) is 68.8 Å². The third-order valence-electron chi connectivity index (χ3n) is 6.59. The molecule has 238 valence electrons. The van der Waals surface area contributed by atoms with Gasteiger partial charge in [0.2, 0.25) is 11.8 Å². The normalized spacial score (nSPS) is 12.0. The molecule has 3 aromatic carbocycles. The Bertz CT molecular complexity index is 1620. The molecule has 14 heteroatoms. The number of halogens is 3. The van der Waals surface area contributed by atoms with E-state index in [-0.39, 0.29) is 44.7 Å². The number of ether oxygens (including phenoxy) is 3. The number of methoxy groups -OCH3 is 3. The standard InChI is InChI=1S/C30H34Cl3N3O7S/c1-18(2)34-30(38)19(3)35(16-20-7-8-21(31)13-24(20)33)29(37)17-36(25-14-22(32)9-11-26(25)41-4)44(39,40)23-10-12-27(42-5)28(15-23)43-6/h7-15,18-19H,16-17H2,1-6H3,(H,34,38)/t19-/m0/s1. The third kappa shape index (κ3) is 8.20. The lowest BCUT2D eigenvalue weighted by atomic mass is 10.1. The van der Waals surface area contributed by atoms with Gasteiger partial charge in [0.05, 0.1) is 31.9 Å². The predicted molar refractivity (Wildman–Crippen MR) is 172 cm³/mol. The number of nitrogens with zero attached hydrogens (tertiary/aromatic N) is 2. The van der Waals surface area contributed by atoms with Crippen LogP contribution in [-0.2, 0) is 26.2 Å². The summed E-state index contributed by atoms with van der Waals surface area (Å²) in [5.74, 6) is -0.521. The zero-order chi connectivity index (χ0) is 32.8. The molecule has 0 aromatic heterocycles. The van der Waals surface area contributed by atoms with Crippen LogP contribution in [0.5, 0.6) is 17.2 Å². The zero-order valence-corrected chi connectivity index (χ0v) is 28.1. The van der Waals surface area contributed by atoms with E-state index in [4.69, 9.17) is 49.0 Å². The first-order valence-electron chi connectivity index (χ1n) is 13.4. The van der Waals surface area contributed by atoms with Crippen LogP contribution in [0.25, 0.3) is 0 Å². The van der Waals surface area contributed by atoms with E-state index < -0.39 is 34.4 Å². The molecule has 3 rings (SSSR count). The Balaban J connectivity index is 2.17. The minimum absolute atomic E-state index is 0.00638. The fourth-order valence-corrected chi connectivity index (χ4v) is 6.36. The zero-order valence-electron chi connectivity index (χ0n) is 25.1. The largest absolute Gasteiger partial charge is 0.495 e. The molecule has 0 heterocycles. The number of sulfonamides is 1. The summed E-state index contributed by atoms with van der Waals surface area (Å²) in [7, 11) is -0.313. The summed E-state index contributed by atoms with van der Waals surface area (Å²) in [6, 6.07) is 12.0. The second kappa shape index (κ2) is 15.1. The summed E-state index contributed by atoms with van der Waals surface area (Å²) in [6.07, 6.45) is 0. The van der Waals surface area contributed by atoms with E-state index in [0.717, 1.165) is 4.31 Å². The van der Waals surface area contributed by atoms with E-state index in [9.17, 15) is 18.0 Å². The molecular formula is C30H34Cl3N3O7S. The van der Waals surface area contributed by atoms with Gasteiger partial charge in [0.15, 0.2) is 11.5 Å². The topological polar surface area (TPSA) is 114 Å². The lowest BCUT2D eigenvalue weighted by Gasteiger charge is -2.33. The summed E-state index contributed by atoms with van der Waals surface area (Å²) in [5, 5.41) is 3.67. The van der Waals surface area contributed by atoms with Gasteiger partial charge in [0, 0.05) is 33.7 Å². The van der Waals surface area contributed by atoms with Crippen molar-refractivity contribution in [3.63, 3.8) is 0 Å². The van der Waals surface area contributed by atoms with Crippen molar-refractivity contribution in [2.45, 2.75) is 44.3 Å². The number of hydrogen-bond donors (Lipinski definition) is 1. The first kappa shape index (κ1) is 35.1. The smallest absolute Gasteiger partial charge is 0.265 e. The number of hydrogen-bond acceptors (Lipinski definition) is 7. The van der Waals surface area contributed by atoms with Gasteiger partial charge in [0.25, 0.3) is 10.0 Å². The third-order valence-corrected chi connectivity index (χ3v) is 9.16. The van der Waals surface area contributed by atoms with E-state index in [2.05, 4.69) is 5.32 Å². The second-order valence-electron chi connectivity index (χ2n) is 9.94. The average Bonchev–Trinajstić information content (AvgIpc) is 2.98. The van der Waals surface area contributed by atoms with Gasteiger partial charge < -0.3 is 24.4 Å². The highest BCUT2D eigenvalue weighted by Crippen LogP contribution is 2.37. The first-order chi connectivity index (χ1) is 20.7. The van der Waals surface area contributed by atoms with Crippen molar-refractivity contribution in [2.75, 3.05) is 32.2 Å². The molecule has 0 spiro atoms. The molecule has 0 radical (unpaired) electrons. The van der Waals surface area contributed by atoms with Crippen LogP contribution in [-0.4, -0.2) is 65.1 Å². The molecule has 0 bridgehead atoms. The molecule has 0 saturated carbocycles. The van der Waals surface area contributed by atoms with E-state index in [0.29, 0.717) is 16.3 Å². The quantitative estimate of drug-likeness (QED) is 0.241. The number of rotatable bonds is 13. The molecule has 1 atom stereocenters. The van der Waals surface area contributed by atoms with Crippen molar-refractivity contribution in [1.29, 1.82) is 0 Å². The molecular weight excluding hydrogens is 653 g/mol. The van der Waals surface area contributed by atoms with Gasteiger partial charge in [-0.15, -0.1) is 0 Å². The lowest BCUT2D eigenvalue weighted by Crippen LogP contribution is -2.52. The Morgan fingerprint density at radius 2 is 1.41 bits per heavy atom. The second-order valence-corrected chi connectivity index (χ2v) is 13.1. The number of benzene rings is 3. The highest BCUT2D eigenvalue weighted by molar-refractivity contribution is 7.92. The highest BCUT2D eigenvalue weighted by atomic mass is 35.5. The number of anilines is 1. The fourth-order valence-electron chi connectivity index (χ4n) is 4.30. The summed E-state index contributed by atoms with van der Waals surface area (Å²) in [5.41, 5.74) is 0.509. The molecule has 0 aliphatic heterocycles. The van der Waals surface area contributed by atoms with Crippen LogP contribution in [0.4, 0.5) is 5.69 Å². The van der Waals surface area contributed by atoms with Gasteiger partial charge in [-0.25, -0.2) is 8.42 Å². The lowest BCUT2D eigenvalue weighted by molar-refractivity contribution is -0.139. The van der Waals surface area contributed by atoms with Crippen molar-refractivity contribution < 1.29 is 32.2 Å². The maximum Gasteiger partial charge on any atom is 0.265 e. The van der Waals surface area contributed by atoms with Crippen LogP contribution in [0, 0.1) is 0 Å². The maximum absolute atomic E-state index is 14.3. The fraction of sp³-hybridized carbons (Fsp3) is 0.333. The van der Waals surface area contributed by atoms with E-state index >= 15 is 0 Å². The highest BCUT2D eigenvalue weighted by Gasteiger charge is 2.35. The Labute approximate surface area is 272 Å². The van der Waals surface area contributed by atoms with Crippen molar-refractivity contribution in [3.8, 4) is 17.2 Å². The van der Waals surface area contributed by atoms with Gasteiger partial charge in [-0.2, -0.15) is 0 Å². The van der Waals surface area contributed by atoms with Crippen molar-refractivity contribution >= 4 is 62.3 Å². The number of amides is 2. The Morgan fingerprint density at radius 1 is 0.818 bits per heavy atom. The Hall–Kier alpha value is -3.38. The SMILES string of the molecule is COc1ccc(S(=O)(=O)N(CC(=O)N(Cc2ccc(Cl)cc2Cl)[C@@H](C)C(=O)NC(C)C)c2cc(Cl)ccc2OC)cc1OC. The summed E-state index contributed by atoms with van der Waals surface area (Å²) in [6.45, 7) is 4.29. The van der Waals surface area contributed by atoms with Crippen LogP contribution >= 0.6 is 34.8 Å². The molecule has 0 aliphatic rings. The molecule has 3 aromatic rings. The molecule has 10 nitrogen and oxygen atoms in total. The van der Waals surface area contributed by atoms with Crippen LogP contribution in [0.15, 0.2) is 59.5 Å². The van der Waals surface area contributed by atoms with Crippen molar-refractivity contribution in [2.24, 2.45) is 0 Å². The van der Waals surface area contributed by atoms with E-state index in [1.165, 1.54) is 68.7 Å². The molecule has 1 N–H and O–H groups in total. The predicted octanol–water partition coefficient (Wildman–Crippen LogP) is 5.81. The van der Waals surface area contributed by atoms with Crippen LogP contribution in [0.2, 0.25) is 15.1 Å². The molecule has 44 heavy (non-hydrogen) atoms. The number of nitrogens with one attached hydrogen (secondary N) is 1. The van der Waals surface area contributed by atoms with Crippen molar-refractivity contribution in [1.82, 2.24) is 10.2 Å². The van der Waals surface area contributed by atoms with Gasteiger partial charge in [-0.3, -0.25) is 13.9 Å². The monoisotopic (exact) mass is 685 g/mol. The minimum atomic E-state index is -4.47. The van der Waals surface area contributed by atoms with Gasteiger partial charge in [-0.1, -0.05) is 40.9 Å².